The molecule has 1 aromatic carbocycles. The number of hydrogen-bond acceptors (Lipinski definition) is 3. The molecule has 2 unspecified atom stereocenters. The Labute approximate surface area is 127 Å². The first kappa shape index (κ1) is 16.0. The van der Waals surface area contributed by atoms with E-state index in [2.05, 4.69) is 39.8 Å². The van der Waals surface area contributed by atoms with Crippen molar-refractivity contribution < 1.29 is 4.79 Å². The average Bonchev–Trinajstić information content (AvgIpc) is 2.49. The predicted octanol–water partition coefficient (Wildman–Crippen LogP) is 1.62. The van der Waals surface area contributed by atoms with Gasteiger partial charge in [-0.05, 0) is 32.0 Å². The van der Waals surface area contributed by atoms with Gasteiger partial charge in [-0.2, -0.15) is 0 Å². The lowest BCUT2D eigenvalue weighted by atomic mass is 10.0. The number of nitrogens with zero attached hydrogens (tertiary/aromatic N) is 1. The van der Waals surface area contributed by atoms with Crippen LogP contribution in [0.2, 0.25) is 0 Å². The fraction of sp³-hybridized carbons (Fsp3) is 0.588. The zero-order chi connectivity index (χ0) is 15.1. The normalized spacial score (nSPS) is 21.0. The third-order valence-electron chi connectivity index (χ3n) is 4.06. The number of nitrogens with one attached hydrogen (secondary N) is 2. The zero-order valence-electron chi connectivity index (χ0n) is 13.1. The Morgan fingerprint density at radius 2 is 2.14 bits per heavy atom. The van der Waals surface area contributed by atoms with Crippen LogP contribution in [-0.2, 0) is 11.3 Å². The predicted molar refractivity (Wildman–Crippen MR) is 86.0 cm³/mol. The molecule has 116 valence electrons. The van der Waals surface area contributed by atoms with Gasteiger partial charge in [-0.25, -0.2) is 0 Å². The first-order valence-corrected chi connectivity index (χ1v) is 7.90. The van der Waals surface area contributed by atoms with Crippen LogP contribution in [-0.4, -0.2) is 43.5 Å². The quantitative estimate of drug-likeness (QED) is 0.836. The lowest BCUT2D eigenvalue weighted by molar-refractivity contribution is -0.125. The third kappa shape index (κ3) is 5.14. The summed E-state index contributed by atoms with van der Waals surface area (Å²) < 4.78 is 0. The maximum absolute atomic E-state index is 12.1. The van der Waals surface area contributed by atoms with E-state index < -0.39 is 0 Å². The van der Waals surface area contributed by atoms with Gasteiger partial charge in [0.15, 0.2) is 0 Å². The van der Waals surface area contributed by atoms with Gasteiger partial charge in [0.2, 0.25) is 5.91 Å². The standard InChI is InChI=1S/C17H27N3O/c1-14(11-18-2)17(21)19-16-9-6-10-20(13-16)12-15-7-4-3-5-8-15/h3-5,7-8,14,16,18H,6,9-13H2,1-2H3,(H,19,21). The van der Waals surface area contributed by atoms with Crippen LogP contribution in [0.25, 0.3) is 0 Å². The van der Waals surface area contributed by atoms with E-state index in [1.54, 1.807) is 0 Å². The number of benzene rings is 1. The first-order valence-electron chi connectivity index (χ1n) is 7.90. The van der Waals surface area contributed by atoms with Gasteiger partial charge in [-0.1, -0.05) is 37.3 Å². The highest BCUT2D eigenvalue weighted by molar-refractivity contribution is 5.78. The topological polar surface area (TPSA) is 44.4 Å². The largest absolute Gasteiger partial charge is 0.352 e. The minimum absolute atomic E-state index is 0.0273. The highest BCUT2D eigenvalue weighted by atomic mass is 16.1. The molecule has 0 radical (unpaired) electrons. The minimum atomic E-state index is 0.0273. The first-order chi connectivity index (χ1) is 10.2. The van der Waals surface area contributed by atoms with Gasteiger partial charge in [0.1, 0.15) is 0 Å². The number of hydrogen-bond donors (Lipinski definition) is 2. The van der Waals surface area contributed by atoms with Crippen molar-refractivity contribution in [1.82, 2.24) is 15.5 Å². The molecule has 1 saturated heterocycles. The molecule has 1 heterocycles. The van der Waals surface area contributed by atoms with E-state index in [-0.39, 0.29) is 17.9 Å². The molecule has 1 aliphatic rings. The van der Waals surface area contributed by atoms with E-state index in [1.807, 2.05) is 20.0 Å². The molecule has 1 fully saturated rings. The summed E-state index contributed by atoms with van der Waals surface area (Å²) in [5.74, 6) is 0.190. The van der Waals surface area contributed by atoms with E-state index in [9.17, 15) is 4.79 Å². The van der Waals surface area contributed by atoms with Crippen molar-refractivity contribution in [3.8, 4) is 0 Å². The van der Waals surface area contributed by atoms with Crippen LogP contribution in [0, 0.1) is 5.92 Å². The molecule has 2 atom stereocenters. The average molecular weight is 289 g/mol. The van der Waals surface area contributed by atoms with Gasteiger partial charge in [0.05, 0.1) is 0 Å². The fourth-order valence-corrected chi connectivity index (χ4v) is 2.90. The van der Waals surface area contributed by atoms with Crippen molar-refractivity contribution in [2.75, 3.05) is 26.7 Å². The van der Waals surface area contributed by atoms with Crippen LogP contribution in [0.3, 0.4) is 0 Å². The highest BCUT2D eigenvalue weighted by Gasteiger charge is 2.23. The Kier molecular flexibility index (Phi) is 6.21. The molecule has 1 aliphatic heterocycles. The maximum Gasteiger partial charge on any atom is 0.224 e. The number of piperidine rings is 1. The Morgan fingerprint density at radius 3 is 2.86 bits per heavy atom. The summed E-state index contributed by atoms with van der Waals surface area (Å²) in [4.78, 5) is 14.5. The molecule has 0 spiro atoms. The van der Waals surface area contributed by atoms with Crippen LogP contribution in [0.15, 0.2) is 30.3 Å². The van der Waals surface area contributed by atoms with Crippen LogP contribution in [0.4, 0.5) is 0 Å². The molecular weight excluding hydrogens is 262 g/mol. The van der Waals surface area contributed by atoms with Crippen molar-refractivity contribution in [1.29, 1.82) is 0 Å². The van der Waals surface area contributed by atoms with E-state index in [1.165, 1.54) is 5.56 Å². The molecule has 0 aliphatic carbocycles. The summed E-state index contributed by atoms with van der Waals surface area (Å²) in [6.07, 6.45) is 2.24. The Bertz CT molecular complexity index is 435. The Balaban J connectivity index is 1.82. The maximum atomic E-state index is 12.1. The van der Waals surface area contributed by atoms with E-state index in [0.29, 0.717) is 0 Å². The van der Waals surface area contributed by atoms with Gasteiger partial charge in [0.25, 0.3) is 0 Å². The van der Waals surface area contributed by atoms with E-state index in [0.717, 1.165) is 39.0 Å². The minimum Gasteiger partial charge on any atom is -0.352 e. The number of carbonyl (C=O) groups is 1. The van der Waals surface area contributed by atoms with Gasteiger partial charge in [-0.15, -0.1) is 0 Å². The molecule has 0 aromatic heterocycles. The summed E-state index contributed by atoms with van der Waals surface area (Å²) in [5, 5.41) is 6.25. The van der Waals surface area contributed by atoms with Crippen molar-refractivity contribution in [3.63, 3.8) is 0 Å². The van der Waals surface area contributed by atoms with Gasteiger partial charge in [-0.3, -0.25) is 9.69 Å². The van der Waals surface area contributed by atoms with Crippen LogP contribution in [0.1, 0.15) is 25.3 Å². The van der Waals surface area contributed by atoms with Gasteiger partial charge >= 0.3 is 0 Å². The molecule has 21 heavy (non-hydrogen) atoms. The van der Waals surface area contributed by atoms with Crippen molar-refractivity contribution in [2.24, 2.45) is 5.92 Å². The number of amides is 1. The molecule has 2 N–H and O–H groups in total. The highest BCUT2D eigenvalue weighted by Crippen LogP contribution is 2.14. The molecule has 4 heteroatoms. The van der Waals surface area contributed by atoms with Crippen molar-refractivity contribution in [3.05, 3.63) is 35.9 Å². The summed E-state index contributed by atoms with van der Waals surface area (Å²) in [5.41, 5.74) is 1.34. The summed E-state index contributed by atoms with van der Waals surface area (Å²) in [6.45, 7) is 5.74. The van der Waals surface area contributed by atoms with Crippen molar-refractivity contribution in [2.45, 2.75) is 32.4 Å². The van der Waals surface area contributed by atoms with Crippen LogP contribution >= 0.6 is 0 Å². The van der Waals surface area contributed by atoms with E-state index >= 15 is 0 Å². The molecule has 4 nitrogen and oxygen atoms in total. The summed E-state index contributed by atoms with van der Waals surface area (Å²) in [7, 11) is 1.88. The third-order valence-corrected chi connectivity index (χ3v) is 4.06. The SMILES string of the molecule is CNCC(C)C(=O)NC1CCCN(Cc2ccccc2)C1. The second-order valence-corrected chi connectivity index (χ2v) is 6.03. The Morgan fingerprint density at radius 1 is 1.38 bits per heavy atom. The molecule has 0 bridgehead atoms. The molecule has 2 rings (SSSR count). The second kappa shape index (κ2) is 8.15. The monoisotopic (exact) mass is 289 g/mol. The lowest BCUT2D eigenvalue weighted by Gasteiger charge is -2.33. The molecular formula is C17H27N3O. The molecule has 1 aromatic rings. The van der Waals surface area contributed by atoms with Crippen LogP contribution in [0.5, 0.6) is 0 Å². The van der Waals surface area contributed by atoms with Gasteiger partial charge in [0, 0.05) is 31.6 Å². The summed E-state index contributed by atoms with van der Waals surface area (Å²) in [6, 6.07) is 10.8. The number of likely N-dealkylation sites (tertiary alicyclic amines) is 1. The van der Waals surface area contributed by atoms with Crippen LogP contribution < -0.4 is 10.6 Å². The zero-order valence-corrected chi connectivity index (χ0v) is 13.1. The molecule has 1 amide bonds. The van der Waals surface area contributed by atoms with E-state index in [4.69, 9.17) is 0 Å². The summed E-state index contributed by atoms with van der Waals surface area (Å²) >= 11 is 0. The number of rotatable bonds is 6. The van der Waals surface area contributed by atoms with Crippen molar-refractivity contribution >= 4 is 5.91 Å². The van der Waals surface area contributed by atoms with Gasteiger partial charge < -0.3 is 10.6 Å². The second-order valence-electron chi connectivity index (χ2n) is 6.03. The fourth-order valence-electron chi connectivity index (χ4n) is 2.90. The Hall–Kier alpha value is -1.39. The molecule has 0 saturated carbocycles. The lowest BCUT2D eigenvalue weighted by Crippen LogP contribution is -2.49. The smallest absolute Gasteiger partial charge is 0.224 e. The number of carbonyl (C=O) groups excluding carboxylic acids is 1.